The van der Waals surface area contributed by atoms with E-state index in [0.29, 0.717) is 32.6 Å². The van der Waals surface area contributed by atoms with Crippen molar-refractivity contribution < 1.29 is 24.2 Å². The maximum absolute atomic E-state index is 12.0. The Labute approximate surface area is 111 Å². The van der Waals surface area contributed by atoms with Gasteiger partial charge in [-0.1, -0.05) is 0 Å². The van der Waals surface area contributed by atoms with Crippen LogP contribution in [0.3, 0.4) is 0 Å². The highest BCUT2D eigenvalue weighted by atomic mass is 16.5. The number of aliphatic carboxylic acids is 1. The number of hydrogen-bond acceptors (Lipinski definition) is 5. The molecule has 7 heteroatoms. The van der Waals surface area contributed by atoms with Gasteiger partial charge in [-0.2, -0.15) is 0 Å². The van der Waals surface area contributed by atoms with Gasteiger partial charge in [0, 0.05) is 26.2 Å². The molecule has 0 aromatic heterocycles. The van der Waals surface area contributed by atoms with Crippen molar-refractivity contribution in [3.63, 3.8) is 0 Å². The van der Waals surface area contributed by atoms with Crippen LogP contribution in [0, 0.1) is 11.8 Å². The molecule has 19 heavy (non-hydrogen) atoms. The van der Waals surface area contributed by atoms with Crippen LogP contribution >= 0.6 is 0 Å². The summed E-state index contributed by atoms with van der Waals surface area (Å²) in [5.74, 6) is -2.08. The van der Waals surface area contributed by atoms with E-state index in [1.807, 2.05) is 4.90 Å². The highest BCUT2D eigenvalue weighted by molar-refractivity contribution is 5.89. The summed E-state index contributed by atoms with van der Waals surface area (Å²) >= 11 is 0. The van der Waals surface area contributed by atoms with Gasteiger partial charge in [-0.15, -0.1) is 0 Å². The van der Waals surface area contributed by atoms with E-state index in [-0.39, 0.29) is 24.3 Å². The first-order chi connectivity index (χ1) is 9.02. The molecule has 2 aliphatic rings. The lowest BCUT2D eigenvalue weighted by atomic mass is 10.2. The Morgan fingerprint density at radius 2 is 1.79 bits per heavy atom. The van der Waals surface area contributed by atoms with Crippen LogP contribution in [0.25, 0.3) is 0 Å². The van der Waals surface area contributed by atoms with Gasteiger partial charge < -0.3 is 14.7 Å². The van der Waals surface area contributed by atoms with E-state index >= 15 is 0 Å². The van der Waals surface area contributed by atoms with Crippen molar-refractivity contribution in [2.24, 2.45) is 11.8 Å². The first-order valence-corrected chi connectivity index (χ1v) is 6.33. The minimum absolute atomic E-state index is 0.0647. The summed E-state index contributed by atoms with van der Waals surface area (Å²) < 4.78 is 4.59. The van der Waals surface area contributed by atoms with Crippen LogP contribution in [0.5, 0.6) is 0 Å². The molecule has 0 aromatic carbocycles. The second-order valence-electron chi connectivity index (χ2n) is 4.96. The van der Waals surface area contributed by atoms with Crippen molar-refractivity contribution >= 4 is 17.8 Å². The number of carbonyl (C=O) groups is 3. The first-order valence-electron chi connectivity index (χ1n) is 6.33. The van der Waals surface area contributed by atoms with E-state index in [2.05, 4.69) is 4.74 Å². The number of hydrogen-bond donors (Lipinski definition) is 1. The van der Waals surface area contributed by atoms with E-state index in [4.69, 9.17) is 5.11 Å². The van der Waals surface area contributed by atoms with Crippen LogP contribution in [-0.4, -0.2) is 72.6 Å². The van der Waals surface area contributed by atoms with Gasteiger partial charge in [0.1, 0.15) is 0 Å². The van der Waals surface area contributed by atoms with Crippen LogP contribution in [0.2, 0.25) is 0 Å². The Kier molecular flexibility index (Phi) is 4.04. The average molecular weight is 270 g/mol. The SMILES string of the molecule is COC(=O)CN1CCN(C(=O)[C@@H]2C[C@@H]2C(=O)O)CC1. The third-order valence-electron chi connectivity index (χ3n) is 3.69. The average Bonchev–Trinajstić information content (AvgIpc) is 3.19. The number of carboxylic acid groups (broad SMARTS) is 1. The van der Waals surface area contributed by atoms with E-state index in [9.17, 15) is 14.4 Å². The summed E-state index contributed by atoms with van der Waals surface area (Å²) in [4.78, 5) is 37.5. The quantitative estimate of drug-likeness (QED) is 0.661. The molecule has 0 unspecified atom stereocenters. The Bertz CT molecular complexity index is 390. The Hall–Kier alpha value is -1.63. The molecule has 2 rings (SSSR count). The van der Waals surface area contributed by atoms with Gasteiger partial charge in [0.25, 0.3) is 0 Å². The third-order valence-corrected chi connectivity index (χ3v) is 3.69. The largest absolute Gasteiger partial charge is 0.481 e. The number of rotatable bonds is 4. The number of nitrogens with zero attached hydrogens (tertiary/aromatic N) is 2. The number of ether oxygens (including phenoxy) is 1. The third kappa shape index (κ3) is 3.23. The molecule has 0 aromatic rings. The minimum Gasteiger partial charge on any atom is -0.481 e. The molecular weight excluding hydrogens is 252 g/mol. The summed E-state index contributed by atoms with van der Waals surface area (Å²) in [6.07, 6.45) is 0.455. The fraction of sp³-hybridized carbons (Fsp3) is 0.750. The van der Waals surface area contributed by atoms with Gasteiger partial charge in [-0.3, -0.25) is 19.3 Å². The molecule has 2 fully saturated rings. The summed E-state index contributed by atoms with van der Waals surface area (Å²) in [5.41, 5.74) is 0. The molecule has 7 nitrogen and oxygen atoms in total. The van der Waals surface area contributed by atoms with Crippen LogP contribution < -0.4 is 0 Å². The zero-order valence-corrected chi connectivity index (χ0v) is 10.9. The molecular formula is C12H18N2O5. The molecule has 1 amide bonds. The van der Waals surface area contributed by atoms with Crippen molar-refractivity contribution in [2.45, 2.75) is 6.42 Å². The maximum atomic E-state index is 12.0. The fourth-order valence-corrected chi connectivity index (χ4v) is 2.35. The number of amides is 1. The normalized spacial score (nSPS) is 26.9. The van der Waals surface area contributed by atoms with Gasteiger partial charge in [0.15, 0.2) is 0 Å². The van der Waals surface area contributed by atoms with Gasteiger partial charge in [0.05, 0.1) is 25.5 Å². The van der Waals surface area contributed by atoms with E-state index < -0.39 is 11.9 Å². The maximum Gasteiger partial charge on any atom is 0.319 e. The van der Waals surface area contributed by atoms with Gasteiger partial charge in [0.2, 0.25) is 5.91 Å². The minimum atomic E-state index is -0.886. The van der Waals surface area contributed by atoms with Crippen LogP contribution in [0.1, 0.15) is 6.42 Å². The van der Waals surface area contributed by atoms with Crippen molar-refractivity contribution in [1.82, 2.24) is 9.80 Å². The summed E-state index contributed by atoms with van der Waals surface area (Å²) in [6, 6.07) is 0. The lowest BCUT2D eigenvalue weighted by Crippen LogP contribution is -2.50. The monoisotopic (exact) mass is 270 g/mol. The van der Waals surface area contributed by atoms with E-state index in [1.54, 1.807) is 4.90 Å². The van der Waals surface area contributed by atoms with Crippen LogP contribution in [0.15, 0.2) is 0 Å². The van der Waals surface area contributed by atoms with Crippen molar-refractivity contribution in [1.29, 1.82) is 0 Å². The standard InChI is InChI=1S/C12H18N2O5/c1-19-10(15)7-13-2-4-14(5-3-13)11(16)8-6-9(8)12(17)18/h8-9H,2-7H2,1H3,(H,17,18)/t8-,9+/m1/s1. The van der Waals surface area contributed by atoms with Crippen LogP contribution in [0.4, 0.5) is 0 Å². The predicted octanol–water partition coefficient (Wildman–Crippen LogP) is -0.976. The second-order valence-corrected chi connectivity index (χ2v) is 4.96. The van der Waals surface area contributed by atoms with Crippen molar-refractivity contribution in [2.75, 3.05) is 39.8 Å². The predicted molar refractivity (Wildman–Crippen MR) is 64.3 cm³/mol. The lowest BCUT2D eigenvalue weighted by Gasteiger charge is -2.34. The Balaban J connectivity index is 1.76. The van der Waals surface area contributed by atoms with Crippen LogP contribution in [-0.2, 0) is 19.1 Å². The second kappa shape index (κ2) is 5.56. The van der Waals surface area contributed by atoms with Gasteiger partial charge >= 0.3 is 11.9 Å². The zero-order chi connectivity index (χ0) is 14.0. The highest BCUT2D eigenvalue weighted by Crippen LogP contribution is 2.40. The summed E-state index contributed by atoms with van der Waals surface area (Å²) in [5, 5.41) is 8.81. The first kappa shape index (κ1) is 13.8. The summed E-state index contributed by atoms with van der Waals surface area (Å²) in [7, 11) is 1.35. The topological polar surface area (TPSA) is 87.2 Å². The molecule has 0 bridgehead atoms. The number of methoxy groups -OCH3 is 1. The Morgan fingerprint density at radius 1 is 1.16 bits per heavy atom. The Morgan fingerprint density at radius 3 is 2.26 bits per heavy atom. The molecule has 1 aliphatic heterocycles. The van der Waals surface area contributed by atoms with E-state index in [1.165, 1.54) is 7.11 Å². The molecule has 1 aliphatic carbocycles. The lowest BCUT2D eigenvalue weighted by molar-refractivity contribution is -0.144. The van der Waals surface area contributed by atoms with E-state index in [0.717, 1.165) is 0 Å². The molecule has 1 heterocycles. The zero-order valence-electron chi connectivity index (χ0n) is 10.9. The number of carboxylic acids is 1. The molecule has 1 saturated heterocycles. The molecule has 106 valence electrons. The molecule has 1 N–H and O–H groups in total. The van der Waals surface area contributed by atoms with Crippen molar-refractivity contribution in [3.8, 4) is 0 Å². The number of carbonyl (C=O) groups excluding carboxylic acids is 2. The number of piperazine rings is 1. The van der Waals surface area contributed by atoms with Crippen molar-refractivity contribution in [3.05, 3.63) is 0 Å². The summed E-state index contributed by atoms with van der Waals surface area (Å²) in [6.45, 7) is 2.55. The molecule has 0 radical (unpaired) electrons. The fourth-order valence-electron chi connectivity index (χ4n) is 2.35. The smallest absolute Gasteiger partial charge is 0.319 e. The van der Waals surface area contributed by atoms with Gasteiger partial charge in [-0.25, -0.2) is 0 Å². The number of esters is 1. The van der Waals surface area contributed by atoms with Gasteiger partial charge in [-0.05, 0) is 6.42 Å². The molecule has 1 saturated carbocycles. The molecule has 2 atom stereocenters. The molecule has 0 spiro atoms. The highest BCUT2D eigenvalue weighted by Gasteiger charge is 2.50.